The highest BCUT2D eigenvalue weighted by Gasteiger charge is 1.99. The van der Waals surface area contributed by atoms with E-state index in [9.17, 15) is 0 Å². The van der Waals surface area contributed by atoms with Crippen molar-refractivity contribution >= 4 is 0 Å². The van der Waals surface area contributed by atoms with Gasteiger partial charge in [-0.3, -0.25) is 0 Å². The van der Waals surface area contributed by atoms with Crippen LogP contribution in [0.2, 0.25) is 0 Å². The Morgan fingerprint density at radius 2 is 1.90 bits per heavy atom. The number of hydrogen-bond acceptors (Lipinski definition) is 2. The van der Waals surface area contributed by atoms with E-state index in [2.05, 4.69) is 43.9 Å². The zero-order chi connectivity index (χ0) is 15.1. The number of ether oxygens (including phenoxy) is 1. The predicted octanol–water partition coefficient (Wildman–Crippen LogP) is 3.62. The van der Waals surface area contributed by atoms with Crippen molar-refractivity contribution in [3.05, 3.63) is 64.7 Å². The van der Waals surface area contributed by atoms with Gasteiger partial charge >= 0.3 is 0 Å². The molecule has 2 aromatic carbocycles. The predicted molar refractivity (Wildman–Crippen MR) is 85.3 cm³/mol. The SMILES string of the molecule is Cc1ccc(COc2cccc(C#CCCO)c2)cc1C. The van der Waals surface area contributed by atoms with E-state index in [1.54, 1.807) is 0 Å². The lowest BCUT2D eigenvalue weighted by Crippen LogP contribution is -1.96. The van der Waals surface area contributed by atoms with E-state index >= 15 is 0 Å². The van der Waals surface area contributed by atoms with Crippen LogP contribution in [-0.2, 0) is 6.61 Å². The highest BCUT2D eigenvalue weighted by Crippen LogP contribution is 2.16. The van der Waals surface area contributed by atoms with Gasteiger partial charge in [0.2, 0.25) is 0 Å². The van der Waals surface area contributed by atoms with E-state index in [1.807, 2.05) is 24.3 Å². The van der Waals surface area contributed by atoms with Gasteiger partial charge in [0.25, 0.3) is 0 Å². The van der Waals surface area contributed by atoms with Gasteiger partial charge in [0, 0.05) is 12.0 Å². The second-order valence-electron chi connectivity index (χ2n) is 5.01. The van der Waals surface area contributed by atoms with Crippen molar-refractivity contribution in [1.29, 1.82) is 0 Å². The van der Waals surface area contributed by atoms with E-state index < -0.39 is 0 Å². The fourth-order valence-electron chi connectivity index (χ4n) is 1.94. The minimum Gasteiger partial charge on any atom is -0.489 e. The fourth-order valence-corrected chi connectivity index (χ4v) is 1.94. The Labute approximate surface area is 126 Å². The van der Waals surface area contributed by atoms with Gasteiger partial charge in [-0.15, -0.1) is 0 Å². The third-order valence-electron chi connectivity index (χ3n) is 3.28. The first-order chi connectivity index (χ1) is 10.2. The summed E-state index contributed by atoms with van der Waals surface area (Å²) in [6, 6.07) is 14.1. The van der Waals surface area contributed by atoms with Crippen molar-refractivity contribution < 1.29 is 9.84 Å². The molecule has 0 amide bonds. The summed E-state index contributed by atoms with van der Waals surface area (Å²) >= 11 is 0. The number of aryl methyl sites for hydroxylation is 2. The molecule has 0 saturated heterocycles. The molecule has 0 aliphatic carbocycles. The summed E-state index contributed by atoms with van der Waals surface area (Å²) in [5, 5.41) is 8.72. The summed E-state index contributed by atoms with van der Waals surface area (Å²) in [7, 11) is 0. The largest absolute Gasteiger partial charge is 0.489 e. The molecule has 0 fully saturated rings. The van der Waals surface area contributed by atoms with Crippen LogP contribution < -0.4 is 4.74 Å². The van der Waals surface area contributed by atoms with Crippen molar-refractivity contribution in [1.82, 2.24) is 0 Å². The zero-order valence-corrected chi connectivity index (χ0v) is 12.5. The topological polar surface area (TPSA) is 29.5 Å². The molecule has 2 aromatic rings. The number of hydrogen-bond donors (Lipinski definition) is 1. The molecule has 21 heavy (non-hydrogen) atoms. The zero-order valence-electron chi connectivity index (χ0n) is 12.5. The molecule has 0 aliphatic rings. The Kier molecular flexibility index (Phi) is 5.43. The molecule has 0 radical (unpaired) electrons. The molecule has 108 valence electrons. The summed E-state index contributed by atoms with van der Waals surface area (Å²) < 4.78 is 5.82. The number of aliphatic hydroxyl groups excluding tert-OH is 1. The van der Waals surface area contributed by atoms with Gasteiger partial charge in [-0.1, -0.05) is 36.1 Å². The van der Waals surface area contributed by atoms with Crippen molar-refractivity contribution in [2.75, 3.05) is 6.61 Å². The fraction of sp³-hybridized carbons (Fsp3) is 0.263. The molecule has 2 heteroatoms. The Balaban J connectivity index is 2.01. The van der Waals surface area contributed by atoms with Crippen LogP contribution >= 0.6 is 0 Å². The molecule has 0 spiro atoms. The normalized spacial score (nSPS) is 9.86. The van der Waals surface area contributed by atoms with Crippen LogP contribution in [0.25, 0.3) is 0 Å². The van der Waals surface area contributed by atoms with E-state index in [0.717, 1.165) is 16.9 Å². The molecule has 0 unspecified atom stereocenters. The average Bonchev–Trinajstić information content (AvgIpc) is 2.49. The Bertz CT molecular complexity index is 663. The Hall–Kier alpha value is -2.24. The van der Waals surface area contributed by atoms with Crippen molar-refractivity contribution in [2.24, 2.45) is 0 Å². The maximum absolute atomic E-state index is 8.72. The molecule has 2 nitrogen and oxygen atoms in total. The van der Waals surface area contributed by atoms with Crippen molar-refractivity contribution in [3.63, 3.8) is 0 Å². The number of benzene rings is 2. The lowest BCUT2D eigenvalue weighted by Gasteiger charge is -2.08. The van der Waals surface area contributed by atoms with Crippen LogP contribution in [0.3, 0.4) is 0 Å². The molecular formula is C19H20O2. The summed E-state index contributed by atoms with van der Waals surface area (Å²) in [6.07, 6.45) is 0.494. The van der Waals surface area contributed by atoms with Crippen LogP contribution in [-0.4, -0.2) is 11.7 Å². The van der Waals surface area contributed by atoms with Crippen molar-refractivity contribution in [2.45, 2.75) is 26.9 Å². The van der Waals surface area contributed by atoms with E-state index in [4.69, 9.17) is 9.84 Å². The average molecular weight is 280 g/mol. The molecular weight excluding hydrogens is 260 g/mol. The monoisotopic (exact) mass is 280 g/mol. The van der Waals surface area contributed by atoms with E-state index in [0.29, 0.717) is 13.0 Å². The van der Waals surface area contributed by atoms with Crippen LogP contribution in [0.5, 0.6) is 5.75 Å². The first-order valence-electron chi connectivity index (χ1n) is 7.08. The minimum atomic E-state index is 0.0932. The molecule has 2 rings (SSSR count). The summed E-state index contributed by atoms with van der Waals surface area (Å²) in [5.74, 6) is 6.73. The van der Waals surface area contributed by atoms with Crippen LogP contribution in [0, 0.1) is 25.7 Å². The van der Waals surface area contributed by atoms with Gasteiger partial charge in [-0.2, -0.15) is 0 Å². The van der Waals surface area contributed by atoms with Crippen LogP contribution in [0.4, 0.5) is 0 Å². The maximum atomic E-state index is 8.72. The number of aliphatic hydroxyl groups is 1. The lowest BCUT2D eigenvalue weighted by atomic mass is 10.1. The quantitative estimate of drug-likeness (QED) is 0.867. The molecule has 0 bridgehead atoms. The molecule has 0 aliphatic heterocycles. The molecule has 1 N–H and O–H groups in total. The lowest BCUT2D eigenvalue weighted by molar-refractivity contribution is 0.305. The second kappa shape index (κ2) is 7.52. The smallest absolute Gasteiger partial charge is 0.121 e. The second-order valence-corrected chi connectivity index (χ2v) is 5.01. The van der Waals surface area contributed by atoms with Gasteiger partial charge in [-0.25, -0.2) is 0 Å². The number of rotatable bonds is 4. The van der Waals surface area contributed by atoms with Crippen molar-refractivity contribution in [3.8, 4) is 17.6 Å². The highest BCUT2D eigenvalue weighted by molar-refractivity contribution is 5.40. The van der Waals surface area contributed by atoms with Crippen LogP contribution in [0.15, 0.2) is 42.5 Å². The molecule has 0 heterocycles. The minimum absolute atomic E-state index is 0.0932. The first-order valence-corrected chi connectivity index (χ1v) is 7.08. The standard InChI is InChI=1S/C19H20O2/c1-15-9-10-18(12-16(15)2)14-21-19-8-5-7-17(13-19)6-3-4-11-20/h5,7-10,12-13,20H,4,11,14H2,1-2H3. The van der Waals surface area contributed by atoms with Gasteiger partial charge in [0.05, 0.1) is 6.61 Å². The maximum Gasteiger partial charge on any atom is 0.121 e. The van der Waals surface area contributed by atoms with E-state index in [-0.39, 0.29) is 6.61 Å². The van der Waals surface area contributed by atoms with Gasteiger partial charge in [0.1, 0.15) is 12.4 Å². The molecule has 0 aromatic heterocycles. The Morgan fingerprint density at radius 1 is 1.05 bits per heavy atom. The van der Waals surface area contributed by atoms with Gasteiger partial charge < -0.3 is 9.84 Å². The van der Waals surface area contributed by atoms with Gasteiger partial charge in [0.15, 0.2) is 0 Å². The first kappa shape index (κ1) is 15.2. The highest BCUT2D eigenvalue weighted by atomic mass is 16.5. The summed E-state index contributed by atoms with van der Waals surface area (Å²) in [4.78, 5) is 0. The van der Waals surface area contributed by atoms with Gasteiger partial charge in [-0.05, 0) is 48.7 Å². The Morgan fingerprint density at radius 3 is 2.67 bits per heavy atom. The van der Waals surface area contributed by atoms with E-state index in [1.165, 1.54) is 11.1 Å². The molecule has 0 atom stereocenters. The third-order valence-corrected chi connectivity index (χ3v) is 3.28. The summed E-state index contributed by atoms with van der Waals surface area (Å²) in [6.45, 7) is 4.86. The molecule has 0 saturated carbocycles. The third kappa shape index (κ3) is 4.66. The van der Waals surface area contributed by atoms with Crippen LogP contribution in [0.1, 0.15) is 28.7 Å². The summed E-state index contributed by atoms with van der Waals surface area (Å²) in [5.41, 5.74) is 4.63.